The Morgan fingerprint density at radius 1 is 1.24 bits per heavy atom. The Labute approximate surface area is 102 Å². The molecule has 17 heavy (non-hydrogen) atoms. The number of nitrogens with zero attached hydrogens (tertiary/aromatic N) is 2. The van der Waals surface area contributed by atoms with Crippen molar-refractivity contribution < 1.29 is 4.52 Å². The van der Waals surface area contributed by atoms with E-state index < -0.39 is 0 Å². The smallest absolute Gasteiger partial charge is 0.246 e. The average Bonchev–Trinajstić information content (AvgIpc) is 3.01. The molecule has 2 fully saturated rings. The molecule has 2 heterocycles. The molecule has 3 rings (SSSR count). The zero-order chi connectivity index (χ0) is 11.7. The number of aromatic nitrogens is 2. The molecule has 0 aromatic carbocycles. The minimum Gasteiger partial charge on any atom is -0.337 e. The van der Waals surface area contributed by atoms with E-state index >= 15 is 0 Å². The summed E-state index contributed by atoms with van der Waals surface area (Å²) in [5.41, 5.74) is -0.0951. The third-order valence-corrected chi connectivity index (χ3v) is 4.25. The van der Waals surface area contributed by atoms with Crippen LogP contribution in [0, 0.1) is 0 Å². The van der Waals surface area contributed by atoms with Gasteiger partial charge in [0.1, 0.15) is 0 Å². The monoisotopic (exact) mass is 235 g/mol. The average molecular weight is 235 g/mol. The van der Waals surface area contributed by atoms with E-state index in [2.05, 4.69) is 22.4 Å². The molecule has 0 spiro atoms. The molecule has 1 aromatic heterocycles. The van der Waals surface area contributed by atoms with Gasteiger partial charge in [0.25, 0.3) is 0 Å². The molecule has 2 aliphatic rings. The van der Waals surface area contributed by atoms with E-state index in [0.29, 0.717) is 5.92 Å². The highest BCUT2D eigenvalue weighted by Crippen LogP contribution is 2.34. The van der Waals surface area contributed by atoms with Crippen LogP contribution in [0.25, 0.3) is 0 Å². The van der Waals surface area contributed by atoms with Gasteiger partial charge in [-0.2, -0.15) is 4.98 Å². The summed E-state index contributed by atoms with van der Waals surface area (Å²) in [5, 5.41) is 7.71. The second-order valence-corrected chi connectivity index (χ2v) is 5.66. The van der Waals surface area contributed by atoms with Crippen molar-refractivity contribution in [3.63, 3.8) is 0 Å². The van der Waals surface area contributed by atoms with Gasteiger partial charge in [-0.1, -0.05) is 18.0 Å². The first-order valence-electron chi connectivity index (χ1n) is 6.87. The summed E-state index contributed by atoms with van der Waals surface area (Å²) in [6, 6.07) is 0. The van der Waals surface area contributed by atoms with Gasteiger partial charge >= 0.3 is 0 Å². The summed E-state index contributed by atoms with van der Waals surface area (Å²) in [6.45, 7) is 3.23. The van der Waals surface area contributed by atoms with Crippen LogP contribution in [0.1, 0.15) is 69.5 Å². The molecule has 1 saturated heterocycles. The van der Waals surface area contributed by atoms with Crippen LogP contribution in [0.15, 0.2) is 4.52 Å². The molecule has 1 aliphatic heterocycles. The van der Waals surface area contributed by atoms with Gasteiger partial charge < -0.3 is 9.84 Å². The van der Waals surface area contributed by atoms with Gasteiger partial charge in [-0.05, 0) is 45.6 Å². The molecule has 0 radical (unpaired) electrons. The van der Waals surface area contributed by atoms with Crippen molar-refractivity contribution in [2.45, 2.75) is 63.3 Å². The first-order chi connectivity index (χ1) is 8.28. The molecule has 1 atom stereocenters. The minimum absolute atomic E-state index is 0.0951. The van der Waals surface area contributed by atoms with Crippen LogP contribution in [0.2, 0.25) is 0 Å². The fourth-order valence-corrected chi connectivity index (χ4v) is 3.05. The predicted octanol–water partition coefficient (Wildman–Crippen LogP) is 2.72. The van der Waals surface area contributed by atoms with Crippen molar-refractivity contribution in [2.75, 3.05) is 6.54 Å². The summed E-state index contributed by atoms with van der Waals surface area (Å²) in [6.07, 6.45) is 8.66. The standard InChI is InChI=1S/C13H21N3O/c1-13(8-4-5-9-14-13)12-15-11(16-17-12)10-6-2-3-7-10/h10,14H,2-9H2,1H3. The summed E-state index contributed by atoms with van der Waals surface area (Å²) < 4.78 is 5.50. The van der Waals surface area contributed by atoms with E-state index in [1.807, 2.05) is 0 Å². The lowest BCUT2D eigenvalue weighted by molar-refractivity contribution is 0.206. The van der Waals surface area contributed by atoms with Gasteiger partial charge in [-0.15, -0.1) is 0 Å². The summed E-state index contributed by atoms with van der Waals surface area (Å²) >= 11 is 0. The fraction of sp³-hybridized carbons (Fsp3) is 0.846. The molecule has 94 valence electrons. The van der Waals surface area contributed by atoms with Crippen molar-refractivity contribution in [3.05, 3.63) is 11.7 Å². The van der Waals surface area contributed by atoms with E-state index in [0.717, 1.165) is 24.7 Å². The number of hydrogen-bond acceptors (Lipinski definition) is 4. The number of piperidine rings is 1. The molecule has 1 aromatic rings. The van der Waals surface area contributed by atoms with Crippen molar-refractivity contribution in [2.24, 2.45) is 0 Å². The Kier molecular flexibility index (Phi) is 2.90. The van der Waals surface area contributed by atoms with Crippen LogP contribution >= 0.6 is 0 Å². The maximum Gasteiger partial charge on any atom is 0.246 e. The molecule has 4 heteroatoms. The normalized spacial score (nSPS) is 30.9. The van der Waals surface area contributed by atoms with Gasteiger partial charge in [0, 0.05) is 5.92 Å². The maximum absolute atomic E-state index is 5.50. The quantitative estimate of drug-likeness (QED) is 0.856. The van der Waals surface area contributed by atoms with E-state index in [9.17, 15) is 0 Å². The summed E-state index contributed by atoms with van der Waals surface area (Å²) in [7, 11) is 0. The van der Waals surface area contributed by atoms with Gasteiger partial charge in [-0.25, -0.2) is 0 Å². The first kappa shape index (κ1) is 11.2. The maximum atomic E-state index is 5.50. The van der Waals surface area contributed by atoms with E-state index in [4.69, 9.17) is 4.52 Å². The number of rotatable bonds is 2. The van der Waals surface area contributed by atoms with Crippen LogP contribution in [0.3, 0.4) is 0 Å². The topological polar surface area (TPSA) is 51.0 Å². The van der Waals surface area contributed by atoms with E-state index in [-0.39, 0.29) is 5.54 Å². The number of hydrogen-bond donors (Lipinski definition) is 1. The Morgan fingerprint density at radius 2 is 2.06 bits per heavy atom. The van der Waals surface area contributed by atoms with Gasteiger partial charge in [0.2, 0.25) is 5.89 Å². The zero-order valence-electron chi connectivity index (χ0n) is 10.5. The third kappa shape index (κ3) is 2.10. The van der Waals surface area contributed by atoms with Gasteiger partial charge in [0.05, 0.1) is 5.54 Å². The Bertz CT molecular complexity index is 376. The van der Waals surface area contributed by atoms with Crippen LogP contribution in [-0.4, -0.2) is 16.7 Å². The molecule has 4 nitrogen and oxygen atoms in total. The van der Waals surface area contributed by atoms with Crippen LogP contribution in [0.4, 0.5) is 0 Å². The summed E-state index contributed by atoms with van der Waals surface area (Å²) in [4.78, 5) is 4.65. The van der Waals surface area contributed by atoms with Crippen LogP contribution in [0.5, 0.6) is 0 Å². The summed E-state index contributed by atoms with van der Waals surface area (Å²) in [5.74, 6) is 2.27. The first-order valence-corrected chi connectivity index (χ1v) is 6.87. The van der Waals surface area contributed by atoms with Crippen LogP contribution < -0.4 is 5.32 Å². The predicted molar refractivity (Wildman–Crippen MR) is 64.7 cm³/mol. The van der Waals surface area contributed by atoms with Crippen molar-refractivity contribution in [1.29, 1.82) is 0 Å². The van der Waals surface area contributed by atoms with E-state index in [1.54, 1.807) is 0 Å². The fourth-order valence-electron chi connectivity index (χ4n) is 3.05. The molecular weight excluding hydrogens is 214 g/mol. The molecule has 1 unspecified atom stereocenters. The van der Waals surface area contributed by atoms with Crippen molar-refractivity contribution in [1.82, 2.24) is 15.5 Å². The second-order valence-electron chi connectivity index (χ2n) is 5.66. The largest absolute Gasteiger partial charge is 0.337 e. The minimum atomic E-state index is -0.0951. The highest BCUT2D eigenvalue weighted by molar-refractivity contribution is 5.06. The Morgan fingerprint density at radius 3 is 2.76 bits per heavy atom. The highest BCUT2D eigenvalue weighted by atomic mass is 16.5. The van der Waals surface area contributed by atoms with Crippen molar-refractivity contribution >= 4 is 0 Å². The lowest BCUT2D eigenvalue weighted by atomic mass is 9.91. The Hall–Kier alpha value is -0.900. The third-order valence-electron chi connectivity index (χ3n) is 4.25. The van der Waals surface area contributed by atoms with E-state index in [1.165, 1.54) is 38.5 Å². The van der Waals surface area contributed by atoms with Crippen molar-refractivity contribution in [3.8, 4) is 0 Å². The lowest BCUT2D eigenvalue weighted by Crippen LogP contribution is -2.43. The molecule has 1 N–H and O–H groups in total. The van der Waals surface area contributed by atoms with Gasteiger partial charge in [-0.3, -0.25) is 0 Å². The van der Waals surface area contributed by atoms with Gasteiger partial charge in [0.15, 0.2) is 5.82 Å². The molecule has 1 saturated carbocycles. The second kappa shape index (κ2) is 4.41. The van der Waals surface area contributed by atoms with Crippen LogP contribution in [-0.2, 0) is 5.54 Å². The molecule has 0 bridgehead atoms. The lowest BCUT2D eigenvalue weighted by Gasteiger charge is -2.31. The Balaban J connectivity index is 1.78. The SMILES string of the molecule is CC1(c2nc(C3CCCC3)no2)CCCCN1. The highest BCUT2D eigenvalue weighted by Gasteiger charge is 2.35. The molecule has 0 amide bonds. The zero-order valence-corrected chi connectivity index (χ0v) is 10.5. The molecule has 1 aliphatic carbocycles. The number of nitrogens with one attached hydrogen (secondary N) is 1. The molecular formula is C13H21N3O.